The van der Waals surface area contributed by atoms with Crippen molar-refractivity contribution in [2.24, 2.45) is 5.92 Å². The number of β-lactam (4-membered cyclic amide) rings is 1. The zero-order valence-corrected chi connectivity index (χ0v) is 11.2. The first-order chi connectivity index (χ1) is 9.68. The van der Waals surface area contributed by atoms with Crippen LogP contribution in [0.2, 0.25) is 0 Å². The minimum absolute atomic E-state index is 0.0800. The van der Waals surface area contributed by atoms with Crippen LogP contribution in [0.15, 0.2) is 36.3 Å². The second-order valence-electron chi connectivity index (χ2n) is 4.43. The summed E-state index contributed by atoms with van der Waals surface area (Å²) in [5.74, 6) is -0.355. The van der Waals surface area contributed by atoms with E-state index in [9.17, 15) is 9.59 Å². The number of carbonyl (C=O) groups is 2. The van der Waals surface area contributed by atoms with Crippen LogP contribution in [0, 0.1) is 5.92 Å². The van der Waals surface area contributed by atoms with Crippen LogP contribution in [-0.2, 0) is 9.59 Å². The van der Waals surface area contributed by atoms with Crippen LogP contribution in [-0.4, -0.2) is 44.6 Å². The monoisotopic (exact) mass is 292 g/mol. The quantitative estimate of drug-likeness (QED) is 0.833. The van der Waals surface area contributed by atoms with Crippen molar-refractivity contribution in [1.82, 2.24) is 9.88 Å². The smallest absolute Gasteiger partial charge is 0.352 e. The molecule has 0 saturated carbocycles. The highest BCUT2D eigenvalue weighted by Crippen LogP contribution is 2.41. The second-order valence-corrected chi connectivity index (χ2v) is 5.58. The summed E-state index contributed by atoms with van der Waals surface area (Å²) >= 11 is 1.55. The number of hydrogen-bond acceptors (Lipinski definition) is 5. The molecule has 3 rings (SSSR count). The summed E-state index contributed by atoms with van der Waals surface area (Å²) in [7, 11) is 0. The Morgan fingerprint density at radius 2 is 2.45 bits per heavy atom. The molecule has 0 radical (unpaired) electrons. The number of aromatic nitrogens is 1. The van der Waals surface area contributed by atoms with Gasteiger partial charge in [-0.3, -0.25) is 14.7 Å². The molecule has 0 aliphatic carbocycles. The highest BCUT2D eigenvalue weighted by atomic mass is 32.2. The van der Waals surface area contributed by atoms with Crippen molar-refractivity contribution in [3.8, 4) is 5.75 Å². The van der Waals surface area contributed by atoms with Crippen LogP contribution in [0.1, 0.15) is 0 Å². The SMILES string of the molecule is O=C(O)C1=CCS[C@H]2C(COc3cccnc3)C(=O)N12. The van der Waals surface area contributed by atoms with Crippen molar-refractivity contribution in [2.75, 3.05) is 12.4 Å². The number of carboxylic acids is 1. The largest absolute Gasteiger partial charge is 0.491 e. The number of amides is 1. The Labute approximate surface area is 119 Å². The third kappa shape index (κ3) is 2.14. The Balaban J connectivity index is 1.65. The molecule has 20 heavy (non-hydrogen) atoms. The standard InChI is InChI=1S/C13H12N2O4S/c16-11-9(7-19-8-2-1-4-14-6-8)12-15(11)10(13(17)18)3-5-20-12/h1-4,6,9,12H,5,7H2,(H,17,18)/t9?,12-/m0/s1. The van der Waals surface area contributed by atoms with E-state index in [-0.39, 0.29) is 29.5 Å². The lowest BCUT2D eigenvalue weighted by atomic mass is 9.97. The molecule has 1 amide bonds. The predicted octanol–water partition coefficient (Wildman–Crippen LogP) is 0.960. The van der Waals surface area contributed by atoms with Crippen molar-refractivity contribution in [3.63, 3.8) is 0 Å². The Morgan fingerprint density at radius 1 is 1.60 bits per heavy atom. The van der Waals surface area contributed by atoms with E-state index in [2.05, 4.69) is 4.98 Å². The van der Waals surface area contributed by atoms with E-state index in [4.69, 9.17) is 9.84 Å². The number of carbonyl (C=O) groups excluding carboxylic acids is 1. The molecular weight excluding hydrogens is 280 g/mol. The summed E-state index contributed by atoms with van der Waals surface area (Å²) in [5.41, 5.74) is 0.0800. The fourth-order valence-corrected chi connectivity index (χ4v) is 3.50. The maximum atomic E-state index is 12.0. The average molecular weight is 292 g/mol. The Morgan fingerprint density at radius 3 is 3.15 bits per heavy atom. The summed E-state index contributed by atoms with van der Waals surface area (Å²) in [6.07, 6.45) is 4.79. The van der Waals surface area contributed by atoms with Gasteiger partial charge < -0.3 is 9.84 Å². The van der Waals surface area contributed by atoms with Crippen LogP contribution in [0.3, 0.4) is 0 Å². The maximum absolute atomic E-state index is 12.0. The van der Waals surface area contributed by atoms with Crippen molar-refractivity contribution < 1.29 is 19.4 Å². The molecule has 1 saturated heterocycles. The van der Waals surface area contributed by atoms with Crippen LogP contribution in [0.4, 0.5) is 0 Å². The number of aliphatic carboxylic acids is 1. The molecule has 3 heterocycles. The maximum Gasteiger partial charge on any atom is 0.352 e. The summed E-state index contributed by atoms with van der Waals surface area (Å²) < 4.78 is 5.53. The van der Waals surface area contributed by atoms with E-state index in [0.29, 0.717) is 11.5 Å². The molecule has 6 nitrogen and oxygen atoms in total. The molecule has 1 N–H and O–H groups in total. The van der Waals surface area contributed by atoms with Gasteiger partial charge >= 0.3 is 5.97 Å². The third-order valence-corrected chi connectivity index (χ3v) is 4.48. The van der Waals surface area contributed by atoms with E-state index < -0.39 is 5.97 Å². The van der Waals surface area contributed by atoms with Crippen molar-refractivity contribution in [3.05, 3.63) is 36.3 Å². The first kappa shape index (κ1) is 13.0. The molecular formula is C13H12N2O4S. The molecule has 1 unspecified atom stereocenters. The summed E-state index contributed by atoms with van der Waals surface area (Å²) in [4.78, 5) is 28.4. The van der Waals surface area contributed by atoms with Crippen LogP contribution < -0.4 is 4.74 Å². The molecule has 7 heteroatoms. The topological polar surface area (TPSA) is 79.7 Å². The van der Waals surface area contributed by atoms with Crippen molar-refractivity contribution >= 4 is 23.6 Å². The molecule has 2 atom stereocenters. The van der Waals surface area contributed by atoms with Crippen LogP contribution in [0.25, 0.3) is 0 Å². The zero-order chi connectivity index (χ0) is 14.1. The lowest BCUT2D eigenvalue weighted by Gasteiger charge is -2.48. The molecule has 2 aliphatic heterocycles. The highest BCUT2D eigenvalue weighted by Gasteiger charge is 2.52. The molecule has 1 aromatic heterocycles. The zero-order valence-electron chi connectivity index (χ0n) is 10.4. The minimum atomic E-state index is -1.06. The molecule has 104 valence electrons. The number of hydrogen-bond donors (Lipinski definition) is 1. The summed E-state index contributed by atoms with van der Waals surface area (Å²) in [6.45, 7) is 0.242. The van der Waals surface area contributed by atoms with Gasteiger partial charge in [-0.2, -0.15) is 0 Å². The normalized spacial score (nSPS) is 24.5. The molecule has 1 fully saturated rings. The first-order valence-corrected chi connectivity index (χ1v) is 7.14. The lowest BCUT2D eigenvalue weighted by Crippen LogP contribution is -2.62. The van der Waals surface area contributed by atoms with E-state index in [1.54, 1.807) is 42.4 Å². The number of nitrogens with zero attached hydrogens (tertiary/aromatic N) is 2. The summed E-state index contributed by atoms with van der Waals surface area (Å²) in [5, 5.41) is 8.92. The van der Waals surface area contributed by atoms with Gasteiger partial charge in [0.2, 0.25) is 5.91 Å². The van der Waals surface area contributed by atoms with Gasteiger partial charge in [-0.15, -0.1) is 11.8 Å². The van der Waals surface area contributed by atoms with Gasteiger partial charge in [0.15, 0.2) is 0 Å². The predicted molar refractivity (Wildman–Crippen MR) is 72.0 cm³/mol. The van der Waals surface area contributed by atoms with Gasteiger partial charge in [0, 0.05) is 11.9 Å². The van der Waals surface area contributed by atoms with E-state index in [0.717, 1.165) is 0 Å². The molecule has 1 aromatic rings. The first-order valence-electron chi connectivity index (χ1n) is 6.09. The molecule has 0 bridgehead atoms. The van der Waals surface area contributed by atoms with E-state index in [1.165, 1.54) is 4.90 Å². The fraction of sp³-hybridized carbons (Fsp3) is 0.308. The number of thioether (sulfide) groups is 1. The molecule has 0 spiro atoms. The number of rotatable bonds is 4. The van der Waals surface area contributed by atoms with Gasteiger partial charge in [0.1, 0.15) is 24.0 Å². The molecule has 0 aromatic carbocycles. The van der Waals surface area contributed by atoms with E-state index in [1.807, 2.05) is 0 Å². The summed E-state index contributed by atoms with van der Waals surface area (Å²) in [6, 6.07) is 3.52. The number of pyridine rings is 1. The Kier molecular flexibility index (Phi) is 3.35. The average Bonchev–Trinajstić information content (AvgIpc) is 2.47. The number of fused-ring (bicyclic) bond motifs is 1. The minimum Gasteiger partial charge on any atom is -0.491 e. The Bertz CT molecular complexity index is 575. The number of carboxylic acid groups (broad SMARTS) is 1. The second kappa shape index (κ2) is 5.16. The third-order valence-electron chi connectivity index (χ3n) is 3.24. The van der Waals surface area contributed by atoms with Gasteiger partial charge in [-0.05, 0) is 18.2 Å². The van der Waals surface area contributed by atoms with Gasteiger partial charge in [-0.1, -0.05) is 0 Å². The van der Waals surface area contributed by atoms with Gasteiger partial charge in [-0.25, -0.2) is 4.79 Å². The highest BCUT2D eigenvalue weighted by molar-refractivity contribution is 8.00. The molecule has 2 aliphatic rings. The van der Waals surface area contributed by atoms with E-state index >= 15 is 0 Å². The fourth-order valence-electron chi connectivity index (χ4n) is 2.26. The van der Waals surface area contributed by atoms with Gasteiger partial charge in [0.05, 0.1) is 11.6 Å². The van der Waals surface area contributed by atoms with Crippen LogP contribution >= 0.6 is 11.8 Å². The lowest BCUT2D eigenvalue weighted by molar-refractivity contribution is -0.153. The van der Waals surface area contributed by atoms with Crippen molar-refractivity contribution in [1.29, 1.82) is 0 Å². The van der Waals surface area contributed by atoms with Crippen molar-refractivity contribution in [2.45, 2.75) is 5.37 Å². The Hall–Kier alpha value is -2.02. The number of ether oxygens (including phenoxy) is 1. The van der Waals surface area contributed by atoms with Gasteiger partial charge in [0.25, 0.3) is 0 Å². The van der Waals surface area contributed by atoms with Crippen LogP contribution in [0.5, 0.6) is 5.75 Å².